The molecule has 1 fully saturated rings. The normalized spacial score (nSPS) is 15.5. The van der Waals surface area contributed by atoms with E-state index in [1.54, 1.807) is 0 Å². The maximum absolute atomic E-state index is 11.7. The average molecular weight is 333 g/mol. The summed E-state index contributed by atoms with van der Waals surface area (Å²) in [5, 5.41) is 12.5. The number of pyridine rings is 1. The monoisotopic (exact) mass is 333 g/mol. The van der Waals surface area contributed by atoms with Gasteiger partial charge in [-0.3, -0.25) is 9.69 Å². The lowest BCUT2D eigenvalue weighted by Gasteiger charge is -2.26. The van der Waals surface area contributed by atoms with Crippen LogP contribution in [0.5, 0.6) is 0 Å². The number of aromatic nitrogens is 3. The predicted molar refractivity (Wildman–Crippen MR) is 87.5 cm³/mol. The van der Waals surface area contributed by atoms with Crippen LogP contribution in [0, 0.1) is 0 Å². The molecule has 0 radical (unpaired) electrons. The number of aromatic amines is 1. The Morgan fingerprint density at radius 2 is 2.21 bits per heavy atom. The fourth-order valence-electron chi connectivity index (χ4n) is 2.56. The Balaban J connectivity index is 1.60. The fourth-order valence-corrected chi connectivity index (χ4v) is 2.56. The molecule has 2 aromatic heterocycles. The van der Waals surface area contributed by atoms with Gasteiger partial charge in [-0.2, -0.15) is 4.98 Å². The number of fused-ring (bicyclic) bond motifs is 1. The van der Waals surface area contributed by atoms with Gasteiger partial charge in [0.1, 0.15) is 11.2 Å². The standard InChI is InChI=1S/C15H19N5O4/c21-13-11(14(22)23)8-10-9-17-15(19-12(10)18-13)16-2-1-3-20-4-6-24-7-5-20/h8-9H,1-7H2,(H,22,23)(H2,16,17,18,19,21). The summed E-state index contributed by atoms with van der Waals surface area (Å²) in [6.07, 6.45) is 2.44. The van der Waals surface area contributed by atoms with E-state index in [1.807, 2.05) is 0 Å². The minimum atomic E-state index is -1.27. The van der Waals surface area contributed by atoms with Crippen molar-refractivity contribution in [1.29, 1.82) is 0 Å². The van der Waals surface area contributed by atoms with Crippen molar-refractivity contribution < 1.29 is 14.6 Å². The molecule has 9 nitrogen and oxygen atoms in total. The number of hydrogen-bond acceptors (Lipinski definition) is 7. The maximum Gasteiger partial charge on any atom is 0.341 e. The molecular formula is C15H19N5O4. The van der Waals surface area contributed by atoms with Gasteiger partial charge in [0.05, 0.1) is 13.2 Å². The zero-order valence-corrected chi connectivity index (χ0v) is 13.1. The third-order valence-corrected chi connectivity index (χ3v) is 3.86. The largest absolute Gasteiger partial charge is 0.477 e. The van der Waals surface area contributed by atoms with Crippen LogP contribution in [0.1, 0.15) is 16.8 Å². The summed E-state index contributed by atoms with van der Waals surface area (Å²) in [5.41, 5.74) is -0.681. The minimum absolute atomic E-state index is 0.315. The van der Waals surface area contributed by atoms with Crippen LogP contribution >= 0.6 is 0 Å². The first kappa shape index (κ1) is 16.3. The number of nitrogens with one attached hydrogen (secondary N) is 2. The molecule has 9 heteroatoms. The SMILES string of the molecule is O=C(O)c1cc2cnc(NCCCN3CCOCC3)nc2[nH]c1=O. The van der Waals surface area contributed by atoms with E-state index in [1.165, 1.54) is 12.3 Å². The lowest BCUT2D eigenvalue weighted by molar-refractivity contribution is 0.0378. The lowest BCUT2D eigenvalue weighted by atomic mass is 10.2. The van der Waals surface area contributed by atoms with Crippen LogP contribution in [-0.4, -0.2) is 70.3 Å². The molecule has 128 valence electrons. The van der Waals surface area contributed by atoms with Gasteiger partial charge in [0, 0.05) is 31.2 Å². The molecular weight excluding hydrogens is 314 g/mol. The summed E-state index contributed by atoms with van der Waals surface area (Å²) in [6.45, 7) is 5.17. The second-order valence-electron chi connectivity index (χ2n) is 5.55. The number of H-pyrrole nitrogens is 1. The van der Waals surface area contributed by atoms with E-state index in [9.17, 15) is 9.59 Å². The number of ether oxygens (including phenoxy) is 1. The summed E-state index contributed by atoms with van der Waals surface area (Å²) in [7, 11) is 0. The number of aromatic carboxylic acids is 1. The van der Waals surface area contributed by atoms with Crippen molar-refractivity contribution in [2.24, 2.45) is 0 Å². The number of carbonyl (C=O) groups is 1. The number of rotatable bonds is 6. The average Bonchev–Trinajstić information content (AvgIpc) is 2.58. The van der Waals surface area contributed by atoms with Crippen LogP contribution < -0.4 is 10.9 Å². The molecule has 1 aliphatic rings. The highest BCUT2D eigenvalue weighted by Gasteiger charge is 2.12. The fraction of sp³-hybridized carbons (Fsp3) is 0.467. The van der Waals surface area contributed by atoms with Crippen molar-refractivity contribution in [3.05, 3.63) is 28.2 Å². The van der Waals surface area contributed by atoms with Crippen LogP contribution in [0.4, 0.5) is 5.95 Å². The number of anilines is 1. The first-order valence-electron chi connectivity index (χ1n) is 7.81. The van der Waals surface area contributed by atoms with Gasteiger partial charge in [-0.15, -0.1) is 0 Å². The topological polar surface area (TPSA) is 120 Å². The zero-order valence-electron chi connectivity index (χ0n) is 13.1. The number of carboxylic acid groups (broad SMARTS) is 1. The van der Waals surface area contributed by atoms with Gasteiger partial charge in [-0.25, -0.2) is 9.78 Å². The predicted octanol–water partition coefficient (Wildman–Crippen LogP) is 0.150. The first-order valence-corrected chi connectivity index (χ1v) is 7.81. The maximum atomic E-state index is 11.7. The molecule has 24 heavy (non-hydrogen) atoms. The highest BCUT2D eigenvalue weighted by molar-refractivity contribution is 5.91. The molecule has 3 N–H and O–H groups in total. The van der Waals surface area contributed by atoms with Crippen LogP contribution in [0.25, 0.3) is 11.0 Å². The van der Waals surface area contributed by atoms with E-state index in [0.717, 1.165) is 39.3 Å². The third kappa shape index (κ3) is 3.87. The molecule has 3 rings (SSSR count). The Labute approximate surface area is 137 Å². The molecule has 3 heterocycles. The van der Waals surface area contributed by atoms with Crippen molar-refractivity contribution in [3.63, 3.8) is 0 Å². The molecule has 0 saturated carbocycles. The van der Waals surface area contributed by atoms with Gasteiger partial charge in [-0.1, -0.05) is 0 Å². The van der Waals surface area contributed by atoms with E-state index >= 15 is 0 Å². The molecule has 0 spiro atoms. The van der Waals surface area contributed by atoms with Crippen molar-refractivity contribution >= 4 is 23.0 Å². The molecule has 0 unspecified atom stereocenters. The first-order chi connectivity index (χ1) is 11.6. The zero-order chi connectivity index (χ0) is 16.9. The van der Waals surface area contributed by atoms with Gasteiger partial charge in [-0.05, 0) is 19.0 Å². The van der Waals surface area contributed by atoms with E-state index in [0.29, 0.717) is 23.5 Å². The summed E-state index contributed by atoms with van der Waals surface area (Å²) in [4.78, 5) is 35.8. The number of morpholine rings is 1. The Kier molecular flexibility index (Phi) is 5.02. The van der Waals surface area contributed by atoms with Crippen LogP contribution in [-0.2, 0) is 4.74 Å². The summed E-state index contributed by atoms with van der Waals surface area (Å²) >= 11 is 0. The Bertz CT molecular complexity index is 785. The molecule has 0 amide bonds. The van der Waals surface area contributed by atoms with Crippen molar-refractivity contribution in [3.8, 4) is 0 Å². The highest BCUT2D eigenvalue weighted by Crippen LogP contribution is 2.10. The van der Waals surface area contributed by atoms with E-state index in [-0.39, 0.29) is 5.56 Å². The molecule has 0 bridgehead atoms. The van der Waals surface area contributed by atoms with Gasteiger partial charge in [0.15, 0.2) is 0 Å². The summed E-state index contributed by atoms with van der Waals surface area (Å²) in [5.74, 6) is -0.869. The van der Waals surface area contributed by atoms with Gasteiger partial charge in [0.2, 0.25) is 5.95 Å². The molecule has 2 aromatic rings. The second-order valence-corrected chi connectivity index (χ2v) is 5.55. The molecule has 1 aliphatic heterocycles. The van der Waals surface area contributed by atoms with Crippen molar-refractivity contribution in [1.82, 2.24) is 19.9 Å². The van der Waals surface area contributed by atoms with E-state index in [4.69, 9.17) is 9.84 Å². The Morgan fingerprint density at radius 3 is 2.96 bits per heavy atom. The summed E-state index contributed by atoms with van der Waals surface area (Å²) < 4.78 is 5.31. The molecule has 1 saturated heterocycles. The number of carboxylic acids is 1. The smallest absolute Gasteiger partial charge is 0.341 e. The van der Waals surface area contributed by atoms with Crippen molar-refractivity contribution in [2.75, 3.05) is 44.7 Å². The van der Waals surface area contributed by atoms with E-state index in [2.05, 4.69) is 25.2 Å². The Morgan fingerprint density at radius 1 is 1.42 bits per heavy atom. The molecule has 0 atom stereocenters. The second kappa shape index (κ2) is 7.37. The molecule has 0 aliphatic carbocycles. The van der Waals surface area contributed by atoms with Gasteiger partial charge in [0.25, 0.3) is 5.56 Å². The lowest BCUT2D eigenvalue weighted by Crippen LogP contribution is -2.37. The Hall–Kier alpha value is -2.52. The van der Waals surface area contributed by atoms with Crippen LogP contribution in [0.15, 0.2) is 17.1 Å². The molecule has 0 aromatic carbocycles. The van der Waals surface area contributed by atoms with Gasteiger partial charge < -0.3 is 20.1 Å². The van der Waals surface area contributed by atoms with Crippen LogP contribution in [0.2, 0.25) is 0 Å². The number of hydrogen-bond donors (Lipinski definition) is 3. The quantitative estimate of drug-likeness (QED) is 0.639. The van der Waals surface area contributed by atoms with Gasteiger partial charge >= 0.3 is 5.97 Å². The number of nitrogens with zero attached hydrogens (tertiary/aromatic N) is 3. The highest BCUT2D eigenvalue weighted by atomic mass is 16.5. The van der Waals surface area contributed by atoms with Crippen molar-refractivity contribution in [2.45, 2.75) is 6.42 Å². The van der Waals surface area contributed by atoms with Crippen LogP contribution in [0.3, 0.4) is 0 Å². The van der Waals surface area contributed by atoms with E-state index < -0.39 is 11.5 Å². The summed E-state index contributed by atoms with van der Waals surface area (Å²) in [6, 6.07) is 1.28. The third-order valence-electron chi connectivity index (χ3n) is 3.86. The minimum Gasteiger partial charge on any atom is -0.477 e.